The second kappa shape index (κ2) is 8.55. The fourth-order valence-corrected chi connectivity index (χ4v) is 14.4. The highest BCUT2D eigenvalue weighted by Gasteiger charge is 2.49. The van der Waals surface area contributed by atoms with Gasteiger partial charge in [-0.2, -0.15) is 0 Å². The van der Waals surface area contributed by atoms with Crippen molar-refractivity contribution in [2.45, 2.75) is 77.4 Å². The van der Waals surface area contributed by atoms with Crippen LogP contribution in [-0.2, 0) is 8.54 Å². The molecule has 0 radical (unpaired) electrons. The van der Waals surface area contributed by atoms with Gasteiger partial charge in [-0.05, 0) is 78.7 Å². The molecule has 4 nitrogen and oxygen atoms in total. The average Bonchev–Trinajstić information content (AvgIpc) is 2.22. The zero-order chi connectivity index (χ0) is 17.7. The minimum atomic E-state index is -1.98. The molecule has 134 valence electrons. The Bertz CT molecular complexity index is 328. The van der Waals surface area contributed by atoms with Gasteiger partial charge in [-0.3, -0.25) is 0 Å². The molecule has 0 aliphatic carbocycles. The molecule has 1 unspecified atom stereocenters. The summed E-state index contributed by atoms with van der Waals surface area (Å²) in [5, 5.41) is 3.24. The van der Waals surface area contributed by atoms with Crippen molar-refractivity contribution in [3.05, 3.63) is 0 Å². The number of hydrogen-bond acceptors (Lipinski definition) is 4. The standard InChI is InChI=1S/C15H40N2O2Si3/c1-15(2,18-20(3,4)5)22(9,19-21(6,7)8)14-10-12-17-13-11-16/h17H,10-14,16H2,1-9H3. The number of nitrogens with two attached hydrogens (primary N) is 1. The van der Waals surface area contributed by atoms with E-state index in [-0.39, 0.29) is 5.22 Å². The Morgan fingerprint density at radius 1 is 0.909 bits per heavy atom. The summed E-state index contributed by atoms with van der Waals surface area (Å²) in [4.78, 5) is 0. The van der Waals surface area contributed by atoms with E-state index in [1.807, 2.05) is 0 Å². The van der Waals surface area contributed by atoms with Crippen LogP contribution in [0.15, 0.2) is 0 Å². The summed E-state index contributed by atoms with van der Waals surface area (Å²) in [6.07, 6.45) is 1.13. The summed E-state index contributed by atoms with van der Waals surface area (Å²) < 4.78 is 13.3. The summed E-state index contributed by atoms with van der Waals surface area (Å²) in [7, 11) is -5.18. The van der Waals surface area contributed by atoms with Crippen LogP contribution >= 0.6 is 0 Å². The lowest BCUT2D eigenvalue weighted by molar-refractivity contribution is 0.156. The molecule has 0 aromatic carbocycles. The van der Waals surface area contributed by atoms with Gasteiger partial charge in [-0.1, -0.05) is 0 Å². The molecule has 0 saturated heterocycles. The number of hydrogen-bond donors (Lipinski definition) is 2. The number of rotatable bonds is 11. The molecular weight excluding hydrogens is 324 g/mol. The van der Waals surface area contributed by atoms with Crippen molar-refractivity contribution in [2.24, 2.45) is 5.73 Å². The van der Waals surface area contributed by atoms with Crippen LogP contribution in [0.4, 0.5) is 0 Å². The molecule has 0 aromatic heterocycles. The molecule has 0 saturated carbocycles. The zero-order valence-corrected chi connectivity index (χ0v) is 19.4. The Morgan fingerprint density at radius 3 is 1.86 bits per heavy atom. The van der Waals surface area contributed by atoms with E-state index in [1.165, 1.54) is 0 Å². The first-order valence-corrected chi connectivity index (χ1v) is 18.0. The Balaban J connectivity index is 5.00. The summed E-state index contributed by atoms with van der Waals surface area (Å²) in [6, 6.07) is 1.13. The Labute approximate surface area is 141 Å². The third-order valence-electron chi connectivity index (χ3n) is 3.69. The van der Waals surface area contributed by atoms with Gasteiger partial charge >= 0.3 is 0 Å². The molecule has 1 atom stereocenters. The maximum atomic E-state index is 6.77. The van der Waals surface area contributed by atoms with Crippen LogP contribution in [0.5, 0.6) is 0 Å². The van der Waals surface area contributed by atoms with Gasteiger partial charge in [0.2, 0.25) is 8.32 Å². The van der Waals surface area contributed by atoms with Gasteiger partial charge in [0.15, 0.2) is 16.6 Å². The van der Waals surface area contributed by atoms with E-state index in [0.717, 1.165) is 25.6 Å². The van der Waals surface area contributed by atoms with Crippen molar-refractivity contribution < 1.29 is 8.54 Å². The molecule has 7 heteroatoms. The maximum Gasteiger partial charge on any atom is 0.207 e. The monoisotopic (exact) mass is 364 g/mol. The molecule has 0 spiro atoms. The highest BCUT2D eigenvalue weighted by Crippen LogP contribution is 2.35. The van der Waals surface area contributed by atoms with Gasteiger partial charge < -0.3 is 19.6 Å². The lowest BCUT2D eigenvalue weighted by Crippen LogP contribution is -2.63. The fourth-order valence-electron chi connectivity index (χ4n) is 2.80. The van der Waals surface area contributed by atoms with Crippen molar-refractivity contribution in [3.63, 3.8) is 0 Å². The maximum absolute atomic E-state index is 6.77. The molecule has 0 aromatic rings. The quantitative estimate of drug-likeness (QED) is 0.435. The van der Waals surface area contributed by atoms with Crippen molar-refractivity contribution >= 4 is 25.0 Å². The molecule has 0 heterocycles. The molecule has 3 N–H and O–H groups in total. The van der Waals surface area contributed by atoms with E-state index >= 15 is 0 Å². The van der Waals surface area contributed by atoms with Crippen LogP contribution in [-0.4, -0.2) is 49.8 Å². The van der Waals surface area contributed by atoms with Gasteiger partial charge in [0, 0.05) is 13.1 Å². The molecule has 0 aliphatic heterocycles. The van der Waals surface area contributed by atoms with Crippen LogP contribution in [0.3, 0.4) is 0 Å². The lowest BCUT2D eigenvalue weighted by atomic mass is 10.4. The van der Waals surface area contributed by atoms with Crippen LogP contribution in [0.2, 0.25) is 51.9 Å². The normalized spacial score (nSPS) is 16.6. The van der Waals surface area contributed by atoms with Crippen LogP contribution in [0, 0.1) is 0 Å². The van der Waals surface area contributed by atoms with E-state index in [2.05, 4.69) is 65.0 Å². The third-order valence-corrected chi connectivity index (χ3v) is 13.2. The van der Waals surface area contributed by atoms with Crippen molar-refractivity contribution in [1.82, 2.24) is 5.32 Å². The predicted octanol–water partition coefficient (Wildman–Crippen LogP) is 3.52. The second-order valence-corrected chi connectivity index (χ2v) is 22.4. The van der Waals surface area contributed by atoms with E-state index in [0.29, 0.717) is 6.54 Å². The Morgan fingerprint density at radius 2 is 1.45 bits per heavy atom. The van der Waals surface area contributed by atoms with E-state index in [4.69, 9.17) is 14.3 Å². The highest BCUT2D eigenvalue weighted by molar-refractivity contribution is 6.87. The topological polar surface area (TPSA) is 56.5 Å². The minimum Gasteiger partial charge on any atom is -0.454 e. The van der Waals surface area contributed by atoms with Crippen LogP contribution < -0.4 is 11.1 Å². The molecule has 22 heavy (non-hydrogen) atoms. The molecule has 0 rings (SSSR count). The largest absolute Gasteiger partial charge is 0.454 e. The van der Waals surface area contributed by atoms with E-state index in [1.54, 1.807) is 0 Å². The summed E-state index contributed by atoms with van der Waals surface area (Å²) in [5.74, 6) is 0. The first kappa shape index (κ1) is 22.5. The van der Waals surface area contributed by atoms with Crippen molar-refractivity contribution in [2.75, 3.05) is 19.6 Å². The third kappa shape index (κ3) is 8.95. The highest BCUT2D eigenvalue weighted by atomic mass is 28.4. The summed E-state index contributed by atoms with van der Waals surface area (Å²) >= 11 is 0. The lowest BCUT2D eigenvalue weighted by Gasteiger charge is -2.48. The summed E-state index contributed by atoms with van der Waals surface area (Å²) in [5.41, 5.74) is 5.53. The van der Waals surface area contributed by atoms with Gasteiger partial charge in [-0.15, -0.1) is 0 Å². The molecule has 0 bridgehead atoms. The van der Waals surface area contributed by atoms with Gasteiger partial charge in [0.25, 0.3) is 0 Å². The first-order chi connectivity index (χ1) is 9.72. The van der Waals surface area contributed by atoms with E-state index in [9.17, 15) is 0 Å². The summed E-state index contributed by atoms with van der Waals surface area (Å²) in [6.45, 7) is 23.1. The molecule has 0 amide bonds. The average molecular weight is 365 g/mol. The van der Waals surface area contributed by atoms with E-state index < -0.39 is 25.0 Å². The van der Waals surface area contributed by atoms with Gasteiger partial charge in [0.05, 0.1) is 5.22 Å². The molecule has 0 aliphatic rings. The minimum absolute atomic E-state index is 0.147. The van der Waals surface area contributed by atoms with Crippen LogP contribution in [0.1, 0.15) is 20.3 Å². The van der Waals surface area contributed by atoms with Gasteiger partial charge in [0.1, 0.15) is 0 Å². The second-order valence-electron chi connectivity index (χ2n) is 8.81. The SMILES string of the molecule is CC(C)(O[Si](C)(C)C)[Si](C)(CCCNCCN)O[Si](C)(C)C. The number of nitrogens with one attached hydrogen (secondary N) is 1. The van der Waals surface area contributed by atoms with Crippen molar-refractivity contribution in [3.8, 4) is 0 Å². The molecule has 0 fully saturated rings. The fraction of sp³-hybridized carbons (Fsp3) is 1.00. The van der Waals surface area contributed by atoms with Crippen LogP contribution in [0.25, 0.3) is 0 Å². The van der Waals surface area contributed by atoms with Gasteiger partial charge in [-0.25, -0.2) is 0 Å². The Kier molecular flexibility index (Phi) is 8.74. The molecular formula is C15H40N2O2Si3. The zero-order valence-electron chi connectivity index (χ0n) is 16.4. The Hall–Kier alpha value is 0.491. The van der Waals surface area contributed by atoms with Crippen molar-refractivity contribution in [1.29, 1.82) is 0 Å². The first-order valence-electron chi connectivity index (χ1n) is 8.54. The predicted molar refractivity (Wildman–Crippen MR) is 106 cm³/mol. The smallest absolute Gasteiger partial charge is 0.207 e.